The summed E-state index contributed by atoms with van der Waals surface area (Å²) in [7, 11) is 0. The molecular weight excluding hydrogens is 354 g/mol. The van der Waals surface area contributed by atoms with Crippen LogP contribution in [0.5, 0.6) is 0 Å². The normalized spacial score (nSPS) is 14.9. The van der Waals surface area contributed by atoms with Gasteiger partial charge in [-0.25, -0.2) is 0 Å². The van der Waals surface area contributed by atoms with E-state index in [0.717, 1.165) is 5.56 Å². The molecule has 0 bridgehead atoms. The Balaban J connectivity index is 1.86. The van der Waals surface area contributed by atoms with E-state index in [2.05, 4.69) is 5.32 Å². The van der Waals surface area contributed by atoms with Crippen molar-refractivity contribution in [1.82, 2.24) is 15.1 Å². The van der Waals surface area contributed by atoms with Crippen LogP contribution in [0, 0.1) is 5.41 Å². The van der Waals surface area contributed by atoms with Crippen LogP contribution in [-0.2, 0) is 20.8 Å². The molecule has 26 heavy (non-hydrogen) atoms. The highest BCUT2D eigenvalue weighted by molar-refractivity contribution is 6.30. The molecule has 0 radical (unpaired) electrons. The third kappa shape index (κ3) is 4.97. The molecule has 142 valence electrons. The molecule has 1 N–H and O–H groups in total. The van der Waals surface area contributed by atoms with Crippen LogP contribution in [0.15, 0.2) is 24.3 Å². The quantitative estimate of drug-likeness (QED) is 0.792. The van der Waals surface area contributed by atoms with Gasteiger partial charge in [0.25, 0.3) is 0 Å². The van der Waals surface area contributed by atoms with Crippen molar-refractivity contribution in [2.24, 2.45) is 5.41 Å². The smallest absolute Gasteiger partial charge is 0.237 e. The van der Waals surface area contributed by atoms with E-state index in [1.54, 1.807) is 29.7 Å². The van der Waals surface area contributed by atoms with Crippen LogP contribution in [0.3, 0.4) is 0 Å². The minimum absolute atomic E-state index is 0.00937. The molecule has 1 fully saturated rings. The van der Waals surface area contributed by atoms with Crippen LogP contribution in [0.2, 0.25) is 5.02 Å². The largest absolute Gasteiger partial charge is 0.355 e. The molecule has 0 saturated carbocycles. The summed E-state index contributed by atoms with van der Waals surface area (Å²) in [6.07, 6.45) is 0.647. The van der Waals surface area contributed by atoms with Crippen molar-refractivity contribution < 1.29 is 14.4 Å². The Morgan fingerprint density at radius 3 is 2.31 bits per heavy atom. The fourth-order valence-corrected chi connectivity index (χ4v) is 3.16. The second-order valence-corrected chi connectivity index (χ2v) is 7.50. The number of hydrogen-bond donors (Lipinski definition) is 1. The number of halogens is 1. The number of nitrogens with zero attached hydrogens (tertiary/aromatic N) is 2. The number of piperazine rings is 1. The molecule has 0 aromatic heterocycles. The van der Waals surface area contributed by atoms with Gasteiger partial charge in [-0.2, -0.15) is 0 Å². The molecule has 0 unspecified atom stereocenters. The lowest BCUT2D eigenvalue weighted by Gasteiger charge is -2.37. The van der Waals surface area contributed by atoms with Crippen molar-refractivity contribution in [2.75, 3.05) is 32.7 Å². The van der Waals surface area contributed by atoms with E-state index >= 15 is 0 Å². The summed E-state index contributed by atoms with van der Waals surface area (Å²) in [6, 6.07) is 7.48. The SMILES string of the molecule is CC(=O)N1CCN(C(=O)C(C)(C)C(=O)NCCc2cccc(Cl)c2)CC1. The molecule has 3 amide bonds. The molecule has 1 aliphatic rings. The number of hydrogen-bond acceptors (Lipinski definition) is 3. The van der Waals surface area contributed by atoms with Gasteiger partial charge in [-0.15, -0.1) is 0 Å². The average Bonchev–Trinajstić information content (AvgIpc) is 2.61. The number of carbonyl (C=O) groups is 3. The van der Waals surface area contributed by atoms with E-state index in [0.29, 0.717) is 44.2 Å². The molecular formula is C19H26ClN3O3. The van der Waals surface area contributed by atoms with Crippen molar-refractivity contribution in [1.29, 1.82) is 0 Å². The van der Waals surface area contributed by atoms with Gasteiger partial charge in [0.05, 0.1) is 0 Å². The molecule has 0 spiro atoms. The lowest BCUT2D eigenvalue weighted by molar-refractivity contribution is -0.151. The van der Waals surface area contributed by atoms with Gasteiger partial charge in [-0.3, -0.25) is 14.4 Å². The summed E-state index contributed by atoms with van der Waals surface area (Å²) in [4.78, 5) is 40.0. The van der Waals surface area contributed by atoms with Crippen molar-refractivity contribution in [3.63, 3.8) is 0 Å². The minimum atomic E-state index is -1.15. The summed E-state index contributed by atoms with van der Waals surface area (Å²) < 4.78 is 0. The molecule has 1 heterocycles. The van der Waals surface area contributed by atoms with Gasteiger partial charge in [0.1, 0.15) is 5.41 Å². The number of nitrogens with one attached hydrogen (secondary N) is 1. The van der Waals surface area contributed by atoms with E-state index in [-0.39, 0.29) is 17.7 Å². The fourth-order valence-electron chi connectivity index (χ4n) is 2.95. The van der Waals surface area contributed by atoms with Crippen LogP contribution in [0.1, 0.15) is 26.3 Å². The maximum absolute atomic E-state index is 12.8. The van der Waals surface area contributed by atoms with E-state index in [1.165, 1.54) is 6.92 Å². The molecule has 1 saturated heterocycles. The maximum atomic E-state index is 12.8. The minimum Gasteiger partial charge on any atom is -0.355 e. The van der Waals surface area contributed by atoms with Crippen molar-refractivity contribution >= 4 is 29.3 Å². The first kappa shape index (κ1) is 20.2. The highest BCUT2D eigenvalue weighted by Gasteiger charge is 2.39. The van der Waals surface area contributed by atoms with Crippen LogP contribution in [0.4, 0.5) is 0 Å². The lowest BCUT2D eigenvalue weighted by atomic mass is 9.90. The van der Waals surface area contributed by atoms with Crippen LogP contribution < -0.4 is 5.32 Å². The van der Waals surface area contributed by atoms with E-state index in [9.17, 15) is 14.4 Å². The van der Waals surface area contributed by atoms with Gasteiger partial charge in [0.2, 0.25) is 17.7 Å². The Morgan fingerprint density at radius 1 is 1.12 bits per heavy atom. The van der Waals surface area contributed by atoms with Gasteiger partial charge in [-0.1, -0.05) is 23.7 Å². The van der Waals surface area contributed by atoms with Crippen LogP contribution in [0.25, 0.3) is 0 Å². The van der Waals surface area contributed by atoms with Gasteiger partial charge >= 0.3 is 0 Å². The highest BCUT2D eigenvalue weighted by atomic mass is 35.5. The summed E-state index contributed by atoms with van der Waals surface area (Å²) in [5.41, 5.74) is -0.116. The average molecular weight is 380 g/mol. The van der Waals surface area contributed by atoms with E-state index in [4.69, 9.17) is 11.6 Å². The first-order valence-electron chi connectivity index (χ1n) is 8.79. The highest BCUT2D eigenvalue weighted by Crippen LogP contribution is 2.21. The molecule has 6 nitrogen and oxygen atoms in total. The second-order valence-electron chi connectivity index (χ2n) is 7.06. The van der Waals surface area contributed by atoms with Gasteiger partial charge in [-0.05, 0) is 38.0 Å². The summed E-state index contributed by atoms with van der Waals surface area (Å²) in [5.74, 6) is -0.491. The predicted molar refractivity (Wildman–Crippen MR) is 101 cm³/mol. The lowest BCUT2D eigenvalue weighted by Crippen LogP contribution is -2.56. The van der Waals surface area contributed by atoms with Crippen LogP contribution >= 0.6 is 11.6 Å². The first-order chi connectivity index (χ1) is 12.2. The Bertz CT molecular complexity index is 682. The Labute approximate surface area is 159 Å². The summed E-state index contributed by atoms with van der Waals surface area (Å²) in [6.45, 7) is 7.17. The number of amides is 3. The monoisotopic (exact) mass is 379 g/mol. The molecule has 7 heteroatoms. The zero-order valence-electron chi connectivity index (χ0n) is 15.5. The van der Waals surface area contributed by atoms with E-state index in [1.807, 2.05) is 18.2 Å². The number of benzene rings is 1. The second kappa shape index (κ2) is 8.54. The predicted octanol–water partition coefficient (Wildman–Crippen LogP) is 1.72. The topological polar surface area (TPSA) is 69.7 Å². The van der Waals surface area contributed by atoms with Gasteiger partial charge in [0, 0.05) is 44.7 Å². The molecule has 1 aromatic rings. The Kier molecular flexibility index (Phi) is 6.64. The molecule has 0 atom stereocenters. The molecule has 2 rings (SSSR count). The van der Waals surface area contributed by atoms with Gasteiger partial charge in [0.15, 0.2) is 0 Å². The van der Waals surface area contributed by atoms with E-state index < -0.39 is 5.41 Å². The molecule has 1 aliphatic heterocycles. The van der Waals surface area contributed by atoms with Crippen LogP contribution in [-0.4, -0.2) is 60.2 Å². The Morgan fingerprint density at radius 2 is 1.73 bits per heavy atom. The third-order valence-corrected chi connectivity index (χ3v) is 4.94. The van der Waals surface area contributed by atoms with Crippen molar-refractivity contribution in [3.05, 3.63) is 34.9 Å². The fraction of sp³-hybridized carbons (Fsp3) is 0.526. The Hall–Kier alpha value is -2.08. The standard InChI is InChI=1S/C19H26ClN3O3/c1-14(24)22-9-11-23(12-10-22)18(26)19(2,3)17(25)21-8-7-15-5-4-6-16(20)13-15/h4-6,13H,7-12H2,1-3H3,(H,21,25). The van der Waals surface area contributed by atoms with Gasteiger partial charge < -0.3 is 15.1 Å². The number of carbonyl (C=O) groups excluding carboxylic acids is 3. The van der Waals surface area contributed by atoms with Crippen molar-refractivity contribution in [3.8, 4) is 0 Å². The van der Waals surface area contributed by atoms with Crippen molar-refractivity contribution in [2.45, 2.75) is 27.2 Å². The summed E-state index contributed by atoms with van der Waals surface area (Å²) in [5, 5.41) is 3.50. The first-order valence-corrected chi connectivity index (χ1v) is 9.17. The third-order valence-electron chi connectivity index (χ3n) is 4.70. The molecule has 0 aliphatic carbocycles. The zero-order valence-corrected chi connectivity index (χ0v) is 16.3. The summed E-state index contributed by atoms with van der Waals surface area (Å²) >= 11 is 5.95. The zero-order chi connectivity index (χ0) is 19.3. The maximum Gasteiger partial charge on any atom is 0.237 e. The molecule has 1 aromatic carbocycles. The number of rotatable bonds is 5.